The fourth-order valence-electron chi connectivity index (χ4n) is 4.03. The van der Waals surface area contributed by atoms with Crippen molar-refractivity contribution in [3.8, 4) is 5.75 Å². The summed E-state index contributed by atoms with van der Waals surface area (Å²) in [5, 5.41) is 0. The number of hydrogen-bond donors (Lipinski definition) is 0. The molecule has 178 valence electrons. The Hall–Kier alpha value is -3.09. The predicted octanol–water partition coefficient (Wildman–Crippen LogP) is 3.16. The molecule has 1 amide bonds. The van der Waals surface area contributed by atoms with Crippen molar-refractivity contribution in [1.82, 2.24) is 19.9 Å². The first kappa shape index (κ1) is 23.1. The molecule has 4 rings (SSSR count). The van der Waals surface area contributed by atoms with Crippen LogP contribution >= 0.6 is 0 Å². The zero-order valence-corrected chi connectivity index (χ0v) is 17.5. The monoisotopic (exact) mass is 473 g/mol. The van der Waals surface area contributed by atoms with E-state index in [9.17, 15) is 26.7 Å². The van der Waals surface area contributed by atoms with E-state index in [0.717, 1.165) is 12.4 Å². The second-order valence-corrected chi connectivity index (χ2v) is 7.74. The van der Waals surface area contributed by atoms with Gasteiger partial charge in [0.2, 0.25) is 5.82 Å². The van der Waals surface area contributed by atoms with Gasteiger partial charge in [-0.05, 0) is 19.1 Å². The number of alkyl halides is 5. The van der Waals surface area contributed by atoms with E-state index in [1.165, 1.54) is 17.0 Å². The van der Waals surface area contributed by atoms with Gasteiger partial charge in [0, 0.05) is 31.6 Å². The van der Waals surface area contributed by atoms with Crippen molar-refractivity contribution in [3.05, 3.63) is 41.7 Å². The topological polar surface area (TPSA) is 80.7 Å². The number of rotatable bonds is 5. The molecule has 0 atom stereocenters. The molecule has 0 aromatic carbocycles. The minimum absolute atomic E-state index is 0.0774. The van der Waals surface area contributed by atoms with Crippen LogP contribution in [0.4, 0.5) is 27.6 Å². The van der Waals surface area contributed by atoms with Gasteiger partial charge in [0.1, 0.15) is 23.8 Å². The van der Waals surface area contributed by atoms with Gasteiger partial charge in [0.15, 0.2) is 0 Å². The molecule has 0 saturated carbocycles. The third kappa shape index (κ3) is 4.82. The SMILES string of the molecule is Cc1ccc(OC(F)F)c(CN2C(=O)COC23CCN(c2cnc(C(F)(F)F)nc2)CC3)n1. The predicted molar refractivity (Wildman–Crippen MR) is 103 cm³/mol. The van der Waals surface area contributed by atoms with Crippen LogP contribution in [0.15, 0.2) is 24.5 Å². The second kappa shape index (κ2) is 8.69. The lowest BCUT2D eigenvalue weighted by atomic mass is 9.98. The molecule has 4 heterocycles. The quantitative estimate of drug-likeness (QED) is 0.618. The molecule has 2 aliphatic rings. The lowest BCUT2D eigenvalue weighted by molar-refractivity contribution is -0.145. The minimum atomic E-state index is -4.63. The highest BCUT2D eigenvalue weighted by Crippen LogP contribution is 2.38. The Kier molecular flexibility index (Phi) is 6.08. The van der Waals surface area contributed by atoms with Crippen LogP contribution in [0.2, 0.25) is 0 Å². The normalized spacial score (nSPS) is 18.5. The Labute approximate surface area is 185 Å². The van der Waals surface area contributed by atoms with E-state index in [0.29, 0.717) is 37.3 Å². The van der Waals surface area contributed by atoms with E-state index in [-0.39, 0.29) is 30.5 Å². The van der Waals surface area contributed by atoms with Crippen molar-refractivity contribution < 1.29 is 36.2 Å². The number of carbonyl (C=O) groups is 1. The fraction of sp³-hybridized carbons (Fsp3) is 0.500. The molecule has 0 radical (unpaired) electrons. The van der Waals surface area contributed by atoms with Crippen LogP contribution < -0.4 is 9.64 Å². The molecule has 2 aliphatic heterocycles. The third-order valence-corrected chi connectivity index (χ3v) is 5.65. The molecule has 13 heteroatoms. The maximum atomic E-state index is 12.8. The third-order valence-electron chi connectivity index (χ3n) is 5.65. The summed E-state index contributed by atoms with van der Waals surface area (Å²) in [6.07, 6.45) is -1.72. The summed E-state index contributed by atoms with van der Waals surface area (Å²) in [4.78, 5) is 26.9. The molecule has 0 N–H and O–H groups in total. The highest BCUT2D eigenvalue weighted by atomic mass is 19.4. The number of hydrogen-bond acceptors (Lipinski definition) is 7. The zero-order chi connectivity index (χ0) is 23.8. The van der Waals surface area contributed by atoms with Crippen LogP contribution in [0.5, 0.6) is 5.75 Å². The summed E-state index contributed by atoms with van der Waals surface area (Å²) < 4.78 is 74.1. The molecule has 1 spiro atoms. The highest BCUT2D eigenvalue weighted by molar-refractivity contribution is 5.80. The van der Waals surface area contributed by atoms with E-state index >= 15 is 0 Å². The average molecular weight is 473 g/mol. The summed E-state index contributed by atoms with van der Waals surface area (Å²) in [6, 6.07) is 2.91. The molecule has 0 aliphatic carbocycles. The van der Waals surface area contributed by atoms with Crippen LogP contribution in [-0.2, 0) is 22.3 Å². The number of halogens is 5. The Morgan fingerprint density at radius 1 is 1.18 bits per heavy atom. The number of aromatic nitrogens is 3. The smallest absolute Gasteiger partial charge is 0.433 e. The van der Waals surface area contributed by atoms with Gasteiger partial charge in [-0.2, -0.15) is 22.0 Å². The van der Waals surface area contributed by atoms with Gasteiger partial charge in [-0.25, -0.2) is 9.97 Å². The van der Waals surface area contributed by atoms with E-state index in [4.69, 9.17) is 4.74 Å². The number of piperidine rings is 1. The number of carbonyl (C=O) groups excluding carboxylic acids is 1. The lowest BCUT2D eigenvalue weighted by Crippen LogP contribution is -2.53. The Morgan fingerprint density at radius 3 is 2.45 bits per heavy atom. The molecule has 0 unspecified atom stereocenters. The maximum absolute atomic E-state index is 12.8. The molecule has 2 aromatic heterocycles. The van der Waals surface area contributed by atoms with Crippen LogP contribution in [0.25, 0.3) is 0 Å². The van der Waals surface area contributed by atoms with E-state index in [1.54, 1.807) is 11.8 Å². The van der Waals surface area contributed by atoms with E-state index in [2.05, 4.69) is 19.7 Å². The van der Waals surface area contributed by atoms with Crippen LogP contribution in [0, 0.1) is 6.92 Å². The van der Waals surface area contributed by atoms with Gasteiger partial charge < -0.3 is 19.3 Å². The van der Waals surface area contributed by atoms with Crippen molar-refractivity contribution in [2.75, 3.05) is 24.6 Å². The first-order chi connectivity index (χ1) is 15.6. The van der Waals surface area contributed by atoms with Crippen molar-refractivity contribution in [2.24, 2.45) is 0 Å². The molecule has 2 aromatic rings. The number of pyridine rings is 1. The second-order valence-electron chi connectivity index (χ2n) is 7.74. The summed E-state index contributed by atoms with van der Waals surface area (Å²) in [7, 11) is 0. The van der Waals surface area contributed by atoms with Gasteiger partial charge in [0.05, 0.1) is 24.6 Å². The number of aryl methyl sites for hydroxylation is 1. The summed E-state index contributed by atoms with van der Waals surface area (Å²) in [6.45, 7) is -0.868. The maximum Gasteiger partial charge on any atom is 0.451 e. The minimum Gasteiger partial charge on any atom is -0.433 e. The first-order valence-corrected chi connectivity index (χ1v) is 10.1. The van der Waals surface area contributed by atoms with Crippen molar-refractivity contribution >= 4 is 11.6 Å². The standard InChI is InChI=1S/C20H20F5N5O3/c1-12-2-3-15(33-18(21)22)14(28-12)10-30-16(31)11-32-19(30)4-6-29(7-5-19)13-8-26-17(27-9-13)20(23,24)25/h2-3,8-9,18H,4-7,10-11H2,1H3. The lowest BCUT2D eigenvalue weighted by Gasteiger charge is -2.44. The molecule has 2 saturated heterocycles. The van der Waals surface area contributed by atoms with Crippen molar-refractivity contribution in [1.29, 1.82) is 0 Å². The zero-order valence-electron chi connectivity index (χ0n) is 17.5. The number of ether oxygens (including phenoxy) is 2. The molecule has 0 bridgehead atoms. The number of anilines is 1. The molecule has 2 fully saturated rings. The number of amides is 1. The summed E-state index contributed by atoms with van der Waals surface area (Å²) in [5.74, 6) is -1.65. The molecular weight excluding hydrogens is 453 g/mol. The fourth-order valence-corrected chi connectivity index (χ4v) is 4.03. The van der Waals surface area contributed by atoms with E-state index < -0.39 is 24.3 Å². The Balaban J connectivity index is 1.49. The summed E-state index contributed by atoms with van der Waals surface area (Å²) in [5.41, 5.74) is 0.201. The van der Waals surface area contributed by atoms with Crippen molar-refractivity contribution in [2.45, 2.75) is 44.8 Å². The van der Waals surface area contributed by atoms with Crippen LogP contribution in [0.1, 0.15) is 30.1 Å². The number of nitrogens with zero attached hydrogens (tertiary/aromatic N) is 5. The van der Waals surface area contributed by atoms with Crippen LogP contribution in [0.3, 0.4) is 0 Å². The van der Waals surface area contributed by atoms with Crippen LogP contribution in [-0.4, -0.2) is 57.8 Å². The Bertz CT molecular complexity index is 1010. The highest BCUT2D eigenvalue weighted by Gasteiger charge is 2.49. The van der Waals surface area contributed by atoms with Gasteiger partial charge in [0.25, 0.3) is 5.91 Å². The summed E-state index contributed by atoms with van der Waals surface area (Å²) >= 11 is 0. The Morgan fingerprint density at radius 2 is 1.85 bits per heavy atom. The molecule has 8 nitrogen and oxygen atoms in total. The largest absolute Gasteiger partial charge is 0.451 e. The van der Waals surface area contributed by atoms with E-state index in [1.807, 2.05) is 0 Å². The molecular formula is C20H20F5N5O3. The van der Waals surface area contributed by atoms with Gasteiger partial charge in [-0.1, -0.05) is 0 Å². The molecule has 33 heavy (non-hydrogen) atoms. The van der Waals surface area contributed by atoms with Gasteiger partial charge in [-0.3, -0.25) is 9.78 Å². The van der Waals surface area contributed by atoms with Gasteiger partial charge in [-0.15, -0.1) is 0 Å². The first-order valence-electron chi connectivity index (χ1n) is 10.1. The van der Waals surface area contributed by atoms with Gasteiger partial charge >= 0.3 is 12.8 Å². The van der Waals surface area contributed by atoms with Crippen molar-refractivity contribution in [3.63, 3.8) is 0 Å². The average Bonchev–Trinajstić information content (AvgIpc) is 3.05.